The Hall–Kier alpha value is -4.22. The lowest BCUT2D eigenvalue weighted by Gasteiger charge is -2.31. The van der Waals surface area contributed by atoms with Gasteiger partial charge in [-0.05, 0) is 59.3 Å². The molecule has 0 aliphatic rings. The summed E-state index contributed by atoms with van der Waals surface area (Å²) in [6.45, 7) is 0.409. The maximum atomic E-state index is 15.8. The van der Waals surface area contributed by atoms with E-state index in [1.807, 2.05) is 0 Å². The standard InChI is InChI=1S/C28H18BrF11N2O4/c1-2-46-20(43)13-42(24(45)14-7-4-3-5-8-14)19-10-6-9-16(21(19)30)23(44)41-22-17(26(32,33)34)11-15(12-18(22)29)25(31,27(35,36)37)28(38,39)40/h3-12H,2,13H2,1H3,(H,41,44). The third-order valence-electron chi connectivity index (χ3n) is 6.19. The Bertz CT molecular complexity index is 1610. The van der Waals surface area contributed by atoms with Crippen molar-refractivity contribution in [3.8, 4) is 0 Å². The number of benzene rings is 3. The summed E-state index contributed by atoms with van der Waals surface area (Å²) in [5, 5.41) is 1.56. The lowest BCUT2D eigenvalue weighted by atomic mass is 9.92. The van der Waals surface area contributed by atoms with Crippen molar-refractivity contribution in [3.63, 3.8) is 0 Å². The molecule has 1 N–H and O–H groups in total. The second-order valence-electron chi connectivity index (χ2n) is 9.19. The summed E-state index contributed by atoms with van der Waals surface area (Å²) in [4.78, 5) is 39.0. The summed E-state index contributed by atoms with van der Waals surface area (Å²) in [6.07, 6.45) is -19.3. The van der Waals surface area contributed by atoms with E-state index in [0.717, 1.165) is 18.2 Å². The molecule has 0 atom stereocenters. The highest BCUT2D eigenvalue weighted by molar-refractivity contribution is 9.10. The van der Waals surface area contributed by atoms with E-state index < -0.39 is 92.9 Å². The number of hydrogen-bond acceptors (Lipinski definition) is 4. The van der Waals surface area contributed by atoms with Crippen LogP contribution in [0.5, 0.6) is 0 Å². The molecule has 0 fully saturated rings. The van der Waals surface area contributed by atoms with E-state index >= 15 is 4.39 Å². The van der Waals surface area contributed by atoms with E-state index in [0.29, 0.717) is 4.90 Å². The minimum absolute atomic E-state index is 0.0541. The number of rotatable bonds is 8. The summed E-state index contributed by atoms with van der Waals surface area (Å²) in [5.41, 5.74) is -14.4. The third kappa shape index (κ3) is 7.26. The first kappa shape index (κ1) is 36.3. The van der Waals surface area contributed by atoms with Crippen molar-refractivity contribution in [1.82, 2.24) is 0 Å². The van der Waals surface area contributed by atoms with E-state index in [-0.39, 0.29) is 18.2 Å². The van der Waals surface area contributed by atoms with Crippen LogP contribution in [0.15, 0.2) is 65.1 Å². The highest BCUT2D eigenvalue weighted by atomic mass is 79.9. The number of esters is 1. The van der Waals surface area contributed by atoms with Crippen molar-refractivity contribution < 1.29 is 67.4 Å². The molecule has 6 nitrogen and oxygen atoms in total. The Labute approximate surface area is 260 Å². The molecule has 0 aliphatic carbocycles. The normalized spacial score (nSPS) is 12.5. The molecule has 0 saturated heterocycles. The Balaban J connectivity index is 2.13. The SMILES string of the molecule is CCOC(=O)CN(C(=O)c1ccccc1)c1cccc(C(=O)Nc2c(Br)cc(C(F)(C(F)(F)F)C(F)(F)F)cc2C(F)(F)F)c1F. The fraction of sp³-hybridized carbons (Fsp3) is 0.250. The molecule has 0 radical (unpaired) electrons. The van der Waals surface area contributed by atoms with E-state index in [1.54, 1.807) is 5.32 Å². The van der Waals surface area contributed by atoms with Crippen LogP contribution in [-0.4, -0.2) is 43.3 Å². The van der Waals surface area contributed by atoms with Crippen molar-refractivity contribution in [1.29, 1.82) is 0 Å². The molecule has 0 unspecified atom stereocenters. The van der Waals surface area contributed by atoms with Crippen LogP contribution in [0.4, 0.5) is 59.7 Å². The van der Waals surface area contributed by atoms with Crippen LogP contribution >= 0.6 is 15.9 Å². The van der Waals surface area contributed by atoms with Gasteiger partial charge >= 0.3 is 30.2 Å². The van der Waals surface area contributed by atoms with E-state index in [4.69, 9.17) is 4.74 Å². The maximum absolute atomic E-state index is 15.8. The van der Waals surface area contributed by atoms with Gasteiger partial charge < -0.3 is 10.1 Å². The quantitative estimate of drug-likeness (QED) is 0.187. The largest absolute Gasteiger partial charge is 0.465 e. The predicted molar refractivity (Wildman–Crippen MR) is 143 cm³/mol. The van der Waals surface area contributed by atoms with E-state index in [9.17, 15) is 58.3 Å². The first-order chi connectivity index (χ1) is 21.1. The third-order valence-corrected chi connectivity index (χ3v) is 6.81. The lowest BCUT2D eigenvalue weighted by Crippen LogP contribution is -2.50. The summed E-state index contributed by atoms with van der Waals surface area (Å²) in [6, 6.07) is 8.60. The fourth-order valence-electron chi connectivity index (χ4n) is 4.07. The molecule has 0 heterocycles. The average Bonchev–Trinajstić information content (AvgIpc) is 2.95. The van der Waals surface area contributed by atoms with Gasteiger partial charge in [-0.3, -0.25) is 19.3 Å². The van der Waals surface area contributed by atoms with Crippen molar-refractivity contribution >= 4 is 45.1 Å². The number of nitrogens with one attached hydrogen (secondary N) is 1. The molecule has 2 amide bonds. The number of anilines is 2. The van der Waals surface area contributed by atoms with Crippen molar-refractivity contribution in [2.24, 2.45) is 0 Å². The maximum Gasteiger partial charge on any atom is 0.435 e. The molecule has 3 rings (SSSR count). The van der Waals surface area contributed by atoms with Crippen molar-refractivity contribution in [3.05, 3.63) is 93.2 Å². The first-order valence-electron chi connectivity index (χ1n) is 12.5. The Morgan fingerprint density at radius 2 is 1.43 bits per heavy atom. The zero-order chi connectivity index (χ0) is 34.8. The van der Waals surface area contributed by atoms with Gasteiger partial charge in [-0.15, -0.1) is 0 Å². The molecular formula is C28H18BrF11N2O4. The number of hydrogen-bond donors (Lipinski definition) is 1. The van der Waals surface area contributed by atoms with Crippen LogP contribution < -0.4 is 10.2 Å². The van der Waals surface area contributed by atoms with Crippen LogP contribution in [0.1, 0.15) is 38.8 Å². The molecule has 3 aromatic rings. The van der Waals surface area contributed by atoms with Crippen molar-refractivity contribution in [2.45, 2.75) is 31.1 Å². The van der Waals surface area contributed by atoms with E-state index in [1.165, 1.54) is 37.3 Å². The minimum atomic E-state index is -6.76. The molecule has 0 saturated carbocycles. The smallest absolute Gasteiger partial charge is 0.435 e. The fourth-order valence-corrected chi connectivity index (χ4v) is 4.63. The predicted octanol–water partition coefficient (Wildman–Crippen LogP) is 8.36. The van der Waals surface area contributed by atoms with Gasteiger partial charge in [-0.25, -0.2) is 8.78 Å². The van der Waals surface area contributed by atoms with Gasteiger partial charge in [-0.1, -0.05) is 24.3 Å². The van der Waals surface area contributed by atoms with Gasteiger partial charge in [-0.2, -0.15) is 39.5 Å². The number of halogens is 12. The zero-order valence-corrected chi connectivity index (χ0v) is 24.4. The van der Waals surface area contributed by atoms with Gasteiger partial charge in [0.1, 0.15) is 6.54 Å². The number of amides is 2. The molecule has 18 heteroatoms. The number of ether oxygens (including phenoxy) is 1. The van der Waals surface area contributed by atoms with Gasteiger partial charge in [0, 0.05) is 15.6 Å². The topological polar surface area (TPSA) is 75.7 Å². The summed E-state index contributed by atoms with van der Waals surface area (Å²) < 4.78 is 155. The number of carbonyl (C=O) groups excluding carboxylic acids is 3. The van der Waals surface area contributed by atoms with Crippen LogP contribution in [0.25, 0.3) is 0 Å². The average molecular weight is 735 g/mol. The van der Waals surface area contributed by atoms with E-state index in [2.05, 4.69) is 15.9 Å². The number of carbonyl (C=O) groups is 3. The molecular weight excluding hydrogens is 717 g/mol. The van der Waals surface area contributed by atoms with Crippen LogP contribution in [0, 0.1) is 5.82 Å². The van der Waals surface area contributed by atoms with Gasteiger partial charge in [0.25, 0.3) is 11.8 Å². The molecule has 0 spiro atoms. The molecule has 0 aromatic heterocycles. The van der Waals surface area contributed by atoms with Crippen LogP contribution in [0.3, 0.4) is 0 Å². The minimum Gasteiger partial charge on any atom is -0.465 e. The molecule has 0 aliphatic heterocycles. The molecule has 0 bridgehead atoms. The molecule has 46 heavy (non-hydrogen) atoms. The zero-order valence-electron chi connectivity index (χ0n) is 22.8. The second-order valence-corrected chi connectivity index (χ2v) is 10.0. The van der Waals surface area contributed by atoms with Crippen molar-refractivity contribution in [2.75, 3.05) is 23.4 Å². The summed E-state index contributed by atoms with van der Waals surface area (Å²) in [5.74, 6) is -5.26. The number of alkyl halides is 10. The van der Waals surface area contributed by atoms with Gasteiger partial charge in [0.05, 0.1) is 29.1 Å². The van der Waals surface area contributed by atoms with Gasteiger partial charge in [0.15, 0.2) is 5.82 Å². The lowest BCUT2D eigenvalue weighted by molar-refractivity contribution is -0.348. The van der Waals surface area contributed by atoms with Crippen LogP contribution in [0.2, 0.25) is 0 Å². The Kier molecular flexibility index (Phi) is 10.4. The number of nitrogens with zero attached hydrogens (tertiary/aromatic N) is 1. The highest BCUT2D eigenvalue weighted by Gasteiger charge is 2.73. The van der Waals surface area contributed by atoms with Gasteiger partial charge in [0.2, 0.25) is 0 Å². The Morgan fingerprint density at radius 1 is 0.848 bits per heavy atom. The highest BCUT2D eigenvalue weighted by Crippen LogP contribution is 2.55. The Morgan fingerprint density at radius 3 is 1.96 bits per heavy atom. The summed E-state index contributed by atoms with van der Waals surface area (Å²) in [7, 11) is 0. The van der Waals surface area contributed by atoms with Crippen LogP contribution in [-0.2, 0) is 21.4 Å². The monoisotopic (exact) mass is 734 g/mol. The molecule has 248 valence electrons. The second kappa shape index (κ2) is 13.3. The first-order valence-corrected chi connectivity index (χ1v) is 13.3. The molecule has 3 aromatic carbocycles. The summed E-state index contributed by atoms with van der Waals surface area (Å²) >= 11 is 2.35.